The van der Waals surface area contributed by atoms with Gasteiger partial charge in [0.1, 0.15) is 28.4 Å². The van der Waals surface area contributed by atoms with Crippen molar-refractivity contribution < 1.29 is 22.3 Å². The van der Waals surface area contributed by atoms with Gasteiger partial charge in [-0.15, -0.1) is 0 Å². The van der Waals surface area contributed by atoms with Crippen LogP contribution in [0.1, 0.15) is 17.0 Å². The van der Waals surface area contributed by atoms with Crippen LogP contribution in [-0.4, -0.2) is 26.5 Å². The predicted molar refractivity (Wildman–Crippen MR) is 119 cm³/mol. The second-order valence-electron chi connectivity index (χ2n) is 7.62. The number of aromatic nitrogens is 4. The summed E-state index contributed by atoms with van der Waals surface area (Å²) in [4.78, 5) is 12.6. The molecule has 0 saturated carbocycles. The molecular formula is C24H17F4N5O. The lowest BCUT2D eigenvalue weighted by atomic mass is 9.97. The van der Waals surface area contributed by atoms with E-state index >= 15 is 0 Å². The van der Waals surface area contributed by atoms with Gasteiger partial charge >= 0.3 is 6.18 Å². The van der Waals surface area contributed by atoms with Gasteiger partial charge in [-0.05, 0) is 29.8 Å². The van der Waals surface area contributed by atoms with Crippen LogP contribution >= 0.6 is 0 Å². The van der Waals surface area contributed by atoms with Gasteiger partial charge in [0.2, 0.25) is 5.95 Å². The van der Waals surface area contributed by atoms with Crippen LogP contribution in [0.4, 0.5) is 23.5 Å². The number of anilines is 1. The molecule has 2 N–H and O–H groups in total. The van der Waals surface area contributed by atoms with E-state index in [1.54, 1.807) is 28.8 Å². The first kappa shape index (κ1) is 21.6. The average molecular weight is 467 g/mol. The molecule has 3 aromatic heterocycles. The lowest BCUT2D eigenvalue weighted by Crippen LogP contribution is -2.07. The number of nitrogens with two attached hydrogens (primary N) is 1. The molecule has 0 unspecified atom stereocenters. The predicted octanol–water partition coefficient (Wildman–Crippen LogP) is 5.28. The minimum absolute atomic E-state index is 0.0790. The number of halogens is 4. The first-order valence-electron chi connectivity index (χ1n) is 10.2. The van der Waals surface area contributed by atoms with E-state index in [1.807, 2.05) is 6.07 Å². The lowest BCUT2D eigenvalue weighted by Gasteiger charge is -2.11. The molecule has 0 aliphatic rings. The SMILES string of the molecule is COc1cccc2c1nc(N)n1cc(Cc3c(F)cccc3-c3ccc(C(F)(F)F)nc3)nc21. The summed E-state index contributed by atoms with van der Waals surface area (Å²) in [5, 5.41) is 0.709. The van der Waals surface area contributed by atoms with Crippen LogP contribution in [0.5, 0.6) is 5.75 Å². The Labute approximate surface area is 190 Å². The molecule has 0 fully saturated rings. The molecule has 0 spiro atoms. The van der Waals surface area contributed by atoms with E-state index < -0.39 is 17.7 Å². The summed E-state index contributed by atoms with van der Waals surface area (Å²) < 4.78 is 60.5. The third-order valence-electron chi connectivity index (χ3n) is 5.53. The van der Waals surface area contributed by atoms with E-state index in [0.717, 1.165) is 12.3 Å². The molecule has 3 heterocycles. The maximum atomic E-state index is 14.9. The Bertz CT molecular complexity index is 1530. The largest absolute Gasteiger partial charge is 0.494 e. The van der Waals surface area contributed by atoms with Crippen LogP contribution in [0, 0.1) is 5.82 Å². The van der Waals surface area contributed by atoms with E-state index in [1.165, 1.54) is 25.3 Å². The summed E-state index contributed by atoms with van der Waals surface area (Å²) in [6, 6.07) is 12.0. The number of imidazole rings is 1. The van der Waals surface area contributed by atoms with Crippen molar-refractivity contribution in [2.75, 3.05) is 12.8 Å². The number of hydrogen-bond donors (Lipinski definition) is 1. The van der Waals surface area contributed by atoms with Crippen LogP contribution < -0.4 is 10.5 Å². The number of pyridine rings is 1. The van der Waals surface area contributed by atoms with Crippen molar-refractivity contribution in [2.45, 2.75) is 12.6 Å². The highest BCUT2D eigenvalue weighted by Crippen LogP contribution is 2.32. The number of nitrogens with zero attached hydrogens (tertiary/aromatic N) is 4. The third kappa shape index (κ3) is 3.66. The molecule has 5 aromatic rings. The molecule has 0 radical (unpaired) electrons. The number of nitrogen functional groups attached to an aromatic ring is 1. The number of methoxy groups -OCH3 is 1. The number of benzene rings is 2. The highest BCUT2D eigenvalue weighted by atomic mass is 19.4. The molecule has 6 nitrogen and oxygen atoms in total. The van der Waals surface area contributed by atoms with E-state index in [9.17, 15) is 17.6 Å². The van der Waals surface area contributed by atoms with Crippen molar-refractivity contribution in [3.05, 3.63) is 83.7 Å². The molecule has 2 aromatic carbocycles. The summed E-state index contributed by atoms with van der Waals surface area (Å²) in [5.74, 6) is 0.223. The highest BCUT2D eigenvalue weighted by Gasteiger charge is 2.32. The number of fused-ring (bicyclic) bond motifs is 3. The van der Waals surface area contributed by atoms with Crippen LogP contribution in [0.15, 0.2) is 60.9 Å². The molecule has 0 aliphatic carbocycles. The van der Waals surface area contributed by atoms with Crippen molar-refractivity contribution in [1.29, 1.82) is 0 Å². The van der Waals surface area contributed by atoms with Crippen molar-refractivity contribution in [3.8, 4) is 16.9 Å². The minimum atomic E-state index is -4.56. The van der Waals surface area contributed by atoms with Gasteiger partial charge in [0.05, 0.1) is 12.8 Å². The second-order valence-corrected chi connectivity index (χ2v) is 7.62. The topological polar surface area (TPSA) is 78.3 Å². The fraction of sp³-hybridized carbons (Fsp3) is 0.125. The number of para-hydroxylation sites is 1. The average Bonchev–Trinajstić information content (AvgIpc) is 3.24. The minimum Gasteiger partial charge on any atom is -0.494 e. The Hall–Kier alpha value is -4.21. The number of hydrogen-bond acceptors (Lipinski definition) is 5. The van der Waals surface area contributed by atoms with Crippen molar-refractivity contribution in [3.63, 3.8) is 0 Å². The fourth-order valence-electron chi connectivity index (χ4n) is 3.94. The van der Waals surface area contributed by atoms with Gasteiger partial charge in [0, 0.05) is 35.3 Å². The van der Waals surface area contributed by atoms with Gasteiger partial charge in [-0.1, -0.05) is 24.3 Å². The quantitative estimate of drug-likeness (QED) is 0.364. The normalized spacial score (nSPS) is 11.9. The van der Waals surface area contributed by atoms with Gasteiger partial charge < -0.3 is 10.5 Å². The molecule has 0 bridgehead atoms. The molecule has 172 valence electrons. The molecule has 10 heteroatoms. The Morgan fingerprint density at radius 1 is 1.03 bits per heavy atom. The number of alkyl halides is 3. The zero-order valence-electron chi connectivity index (χ0n) is 17.8. The molecule has 0 amide bonds. The summed E-state index contributed by atoms with van der Waals surface area (Å²) in [5.41, 5.74) is 7.78. The zero-order chi connectivity index (χ0) is 24.0. The van der Waals surface area contributed by atoms with Crippen LogP contribution in [-0.2, 0) is 12.6 Å². The lowest BCUT2D eigenvalue weighted by molar-refractivity contribution is -0.141. The van der Waals surface area contributed by atoms with E-state index in [4.69, 9.17) is 10.5 Å². The summed E-state index contributed by atoms with van der Waals surface area (Å²) in [7, 11) is 1.53. The Kier molecular flexibility index (Phi) is 5.07. The molecule has 5 rings (SSSR count). The highest BCUT2D eigenvalue weighted by molar-refractivity contribution is 5.96. The maximum Gasteiger partial charge on any atom is 0.433 e. The van der Waals surface area contributed by atoms with Crippen LogP contribution in [0.2, 0.25) is 0 Å². The summed E-state index contributed by atoms with van der Waals surface area (Å²) in [6.07, 6.45) is -1.72. The molecular weight excluding hydrogens is 450 g/mol. The summed E-state index contributed by atoms with van der Waals surface area (Å²) >= 11 is 0. The van der Waals surface area contributed by atoms with E-state index in [-0.39, 0.29) is 17.9 Å². The Morgan fingerprint density at radius 2 is 1.82 bits per heavy atom. The van der Waals surface area contributed by atoms with Gasteiger partial charge in [-0.25, -0.2) is 14.4 Å². The third-order valence-corrected chi connectivity index (χ3v) is 5.53. The monoisotopic (exact) mass is 467 g/mol. The fourth-order valence-corrected chi connectivity index (χ4v) is 3.94. The maximum absolute atomic E-state index is 14.9. The molecule has 34 heavy (non-hydrogen) atoms. The number of rotatable bonds is 4. The van der Waals surface area contributed by atoms with Crippen molar-refractivity contribution in [1.82, 2.24) is 19.4 Å². The molecule has 0 atom stereocenters. The zero-order valence-corrected chi connectivity index (χ0v) is 17.8. The van der Waals surface area contributed by atoms with Crippen LogP contribution in [0.3, 0.4) is 0 Å². The first-order valence-corrected chi connectivity index (χ1v) is 10.2. The summed E-state index contributed by atoms with van der Waals surface area (Å²) in [6.45, 7) is 0. The van der Waals surface area contributed by atoms with Gasteiger partial charge in [0.15, 0.2) is 0 Å². The number of ether oxygens (including phenoxy) is 1. The first-order chi connectivity index (χ1) is 16.3. The van der Waals surface area contributed by atoms with Crippen molar-refractivity contribution in [2.24, 2.45) is 0 Å². The van der Waals surface area contributed by atoms with Gasteiger partial charge in [0.25, 0.3) is 0 Å². The Morgan fingerprint density at radius 3 is 2.53 bits per heavy atom. The standard InChI is InChI=1S/C24H17F4N5O/c1-34-19-7-3-5-16-21(19)32-23(29)33-12-14(31-22(16)33)10-17-15(4-2-6-18(17)25)13-8-9-20(30-11-13)24(26,27)28/h2-9,11-12H,10H2,1H3,(H2,29,32). The molecule has 0 saturated heterocycles. The smallest absolute Gasteiger partial charge is 0.433 e. The van der Waals surface area contributed by atoms with Crippen molar-refractivity contribution >= 4 is 22.5 Å². The van der Waals surface area contributed by atoms with E-state index in [2.05, 4.69) is 15.0 Å². The van der Waals surface area contributed by atoms with Crippen LogP contribution in [0.25, 0.3) is 27.7 Å². The van der Waals surface area contributed by atoms with Gasteiger partial charge in [-0.2, -0.15) is 13.2 Å². The van der Waals surface area contributed by atoms with E-state index in [0.29, 0.717) is 39.1 Å². The molecule has 0 aliphatic heterocycles. The van der Waals surface area contributed by atoms with Gasteiger partial charge in [-0.3, -0.25) is 9.38 Å². The second kappa shape index (κ2) is 7.98. The Balaban J connectivity index is 1.60.